The van der Waals surface area contributed by atoms with Crippen LogP contribution >= 0.6 is 22.9 Å². The smallest absolute Gasteiger partial charge is 0.0408 e. The van der Waals surface area contributed by atoms with Crippen LogP contribution in [-0.2, 0) is 13.0 Å². The van der Waals surface area contributed by atoms with Gasteiger partial charge in [-0.2, -0.15) is 11.3 Å². The number of nitrogens with one attached hydrogen (secondary N) is 1. The molecule has 0 amide bonds. The maximum Gasteiger partial charge on any atom is 0.0408 e. The molecule has 1 N–H and O–H groups in total. The molecule has 1 nitrogen and oxygen atoms in total. The summed E-state index contributed by atoms with van der Waals surface area (Å²) in [5.41, 5.74) is 3.97. The second-order valence-electron chi connectivity index (χ2n) is 4.69. The van der Waals surface area contributed by atoms with Gasteiger partial charge in [0.2, 0.25) is 0 Å². The third-order valence-corrected chi connectivity index (χ3v) is 4.03. The normalized spacial score (nSPS) is 12.6. The van der Waals surface area contributed by atoms with Crippen molar-refractivity contribution in [1.82, 2.24) is 5.32 Å². The van der Waals surface area contributed by atoms with Crippen molar-refractivity contribution in [3.63, 3.8) is 0 Å². The van der Waals surface area contributed by atoms with Crippen LogP contribution in [0.25, 0.3) is 0 Å². The molecule has 2 rings (SSSR count). The fraction of sp³-hybridized carbons (Fsp3) is 0.333. The zero-order valence-electron chi connectivity index (χ0n) is 10.7. The number of rotatable bonds is 5. The Hall–Kier alpha value is -0.830. The minimum atomic E-state index is 0.481. The Morgan fingerprint density at radius 1 is 1.33 bits per heavy atom. The van der Waals surface area contributed by atoms with E-state index >= 15 is 0 Å². The molecule has 1 atom stereocenters. The molecule has 0 aliphatic carbocycles. The molecule has 0 aliphatic heterocycles. The summed E-state index contributed by atoms with van der Waals surface area (Å²) in [5, 5.41) is 8.71. The van der Waals surface area contributed by atoms with Crippen LogP contribution in [-0.4, -0.2) is 6.04 Å². The van der Waals surface area contributed by atoms with Crippen molar-refractivity contribution >= 4 is 22.9 Å². The maximum atomic E-state index is 5.96. The van der Waals surface area contributed by atoms with E-state index in [0.717, 1.165) is 18.0 Å². The van der Waals surface area contributed by atoms with Gasteiger partial charge < -0.3 is 5.32 Å². The summed E-state index contributed by atoms with van der Waals surface area (Å²) in [6.07, 6.45) is 1.08. The van der Waals surface area contributed by atoms with Gasteiger partial charge in [0.15, 0.2) is 0 Å². The average Bonchev–Trinajstić information content (AvgIpc) is 2.80. The van der Waals surface area contributed by atoms with Crippen molar-refractivity contribution < 1.29 is 0 Å². The monoisotopic (exact) mass is 279 g/mol. The van der Waals surface area contributed by atoms with Crippen LogP contribution in [0.3, 0.4) is 0 Å². The number of benzene rings is 1. The van der Waals surface area contributed by atoms with E-state index in [4.69, 9.17) is 11.6 Å². The predicted octanol–water partition coefficient (Wildman–Crippen LogP) is 4.43. The van der Waals surface area contributed by atoms with Gasteiger partial charge in [0, 0.05) is 17.6 Å². The minimum Gasteiger partial charge on any atom is -0.310 e. The van der Waals surface area contributed by atoms with Gasteiger partial charge >= 0.3 is 0 Å². The SMILES string of the molecule is Cc1cc(Cl)ccc1CNC(C)Cc1ccsc1. The first-order valence-corrected chi connectivity index (χ1v) is 7.46. The lowest BCUT2D eigenvalue weighted by atomic mass is 10.1. The van der Waals surface area contributed by atoms with Crippen molar-refractivity contribution in [3.05, 3.63) is 56.7 Å². The Morgan fingerprint density at radius 2 is 2.17 bits per heavy atom. The van der Waals surface area contributed by atoms with E-state index < -0.39 is 0 Å². The molecule has 0 bridgehead atoms. The number of hydrogen-bond donors (Lipinski definition) is 1. The molecule has 1 unspecified atom stereocenters. The highest BCUT2D eigenvalue weighted by Gasteiger charge is 2.05. The number of aryl methyl sites for hydroxylation is 1. The molecule has 0 saturated carbocycles. The molecular formula is C15H18ClNS. The molecule has 1 aromatic carbocycles. The van der Waals surface area contributed by atoms with Crippen LogP contribution < -0.4 is 5.32 Å². The van der Waals surface area contributed by atoms with Gasteiger partial charge in [-0.05, 0) is 65.9 Å². The first-order chi connectivity index (χ1) is 8.65. The Labute approximate surface area is 118 Å². The lowest BCUT2D eigenvalue weighted by molar-refractivity contribution is 0.545. The number of halogens is 1. The number of thiophene rings is 1. The quantitative estimate of drug-likeness (QED) is 0.854. The van der Waals surface area contributed by atoms with Gasteiger partial charge in [-0.25, -0.2) is 0 Å². The molecule has 3 heteroatoms. The first kappa shape index (κ1) is 13.6. The van der Waals surface area contributed by atoms with E-state index in [1.165, 1.54) is 16.7 Å². The molecule has 1 heterocycles. The van der Waals surface area contributed by atoms with E-state index in [1.54, 1.807) is 11.3 Å². The maximum absolute atomic E-state index is 5.96. The number of hydrogen-bond acceptors (Lipinski definition) is 2. The molecule has 0 spiro atoms. The van der Waals surface area contributed by atoms with Crippen molar-refractivity contribution in [3.8, 4) is 0 Å². The third kappa shape index (κ3) is 3.84. The Bertz CT molecular complexity index is 493. The standard InChI is InChI=1S/C15H18ClNS/c1-11-7-15(16)4-3-14(11)9-17-12(2)8-13-5-6-18-10-13/h3-7,10,12,17H,8-9H2,1-2H3. The fourth-order valence-electron chi connectivity index (χ4n) is 1.98. The van der Waals surface area contributed by atoms with Crippen LogP contribution in [0, 0.1) is 6.92 Å². The Balaban J connectivity index is 1.87. The van der Waals surface area contributed by atoms with Crippen LogP contribution in [0.15, 0.2) is 35.0 Å². The highest BCUT2D eigenvalue weighted by molar-refractivity contribution is 7.07. The van der Waals surface area contributed by atoms with Crippen molar-refractivity contribution in [2.45, 2.75) is 32.9 Å². The van der Waals surface area contributed by atoms with Crippen molar-refractivity contribution in [2.24, 2.45) is 0 Å². The molecule has 2 aromatic rings. The topological polar surface area (TPSA) is 12.0 Å². The van der Waals surface area contributed by atoms with Crippen LogP contribution in [0.2, 0.25) is 5.02 Å². The van der Waals surface area contributed by atoms with E-state index in [9.17, 15) is 0 Å². The molecule has 1 aromatic heterocycles. The summed E-state index contributed by atoms with van der Waals surface area (Å²) >= 11 is 7.71. The highest BCUT2D eigenvalue weighted by atomic mass is 35.5. The summed E-state index contributed by atoms with van der Waals surface area (Å²) < 4.78 is 0. The Morgan fingerprint density at radius 3 is 2.83 bits per heavy atom. The zero-order valence-corrected chi connectivity index (χ0v) is 12.3. The van der Waals surface area contributed by atoms with Gasteiger partial charge in [-0.3, -0.25) is 0 Å². The fourth-order valence-corrected chi connectivity index (χ4v) is 2.88. The third-order valence-electron chi connectivity index (χ3n) is 3.07. The largest absolute Gasteiger partial charge is 0.310 e. The van der Waals surface area contributed by atoms with Crippen molar-refractivity contribution in [2.75, 3.05) is 0 Å². The summed E-state index contributed by atoms with van der Waals surface area (Å²) in [7, 11) is 0. The summed E-state index contributed by atoms with van der Waals surface area (Å²) in [4.78, 5) is 0. The molecule has 18 heavy (non-hydrogen) atoms. The van der Waals surface area contributed by atoms with Gasteiger partial charge in [0.05, 0.1) is 0 Å². The van der Waals surface area contributed by atoms with Crippen LogP contribution in [0.1, 0.15) is 23.6 Å². The zero-order chi connectivity index (χ0) is 13.0. The molecule has 0 fully saturated rings. The first-order valence-electron chi connectivity index (χ1n) is 6.14. The van der Waals surface area contributed by atoms with Gasteiger partial charge in [0.1, 0.15) is 0 Å². The van der Waals surface area contributed by atoms with E-state index in [0.29, 0.717) is 6.04 Å². The average molecular weight is 280 g/mol. The molecule has 0 aliphatic rings. The van der Waals surface area contributed by atoms with Gasteiger partial charge in [0.25, 0.3) is 0 Å². The molecule has 0 saturated heterocycles. The summed E-state index contributed by atoms with van der Waals surface area (Å²) in [6.45, 7) is 5.23. The highest BCUT2D eigenvalue weighted by Crippen LogP contribution is 2.15. The van der Waals surface area contributed by atoms with E-state index in [1.807, 2.05) is 12.1 Å². The second kappa shape index (κ2) is 6.37. The van der Waals surface area contributed by atoms with Crippen molar-refractivity contribution in [1.29, 1.82) is 0 Å². The lowest BCUT2D eigenvalue weighted by Crippen LogP contribution is -2.27. The van der Waals surface area contributed by atoms with Crippen LogP contribution in [0.4, 0.5) is 0 Å². The summed E-state index contributed by atoms with van der Waals surface area (Å²) in [6, 6.07) is 8.74. The molecular weight excluding hydrogens is 262 g/mol. The second-order valence-corrected chi connectivity index (χ2v) is 5.90. The Kier molecular flexibility index (Phi) is 4.81. The molecule has 0 radical (unpaired) electrons. The van der Waals surface area contributed by atoms with E-state index in [2.05, 4.69) is 42.1 Å². The van der Waals surface area contributed by atoms with E-state index in [-0.39, 0.29) is 0 Å². The van der Waals surface area contributed by atoms with Crippen LogP contribution in [0.5, 0.6) is 0 Å². The summed E-state index contributed by atoms with van der Waals surface area (Å²) in [5.74, 6) is 0. The predicted molar refractivity (Wildman–Crippen MR) is 80.5 cm³/mol. The van der Waals surface area contributed by atoms with Gasteiger partial charge in [-0.15, -0.1) is 0 Å². The van der Waals surface area contributed by atoms with Gasteiger partial charge in [-0.1, -0.05) is 17.7 Å². The lowest BCUT2D eigenvalue weighted by Gasteiger charge is -2.14. The minimum absolute atomic E-state index is 0.481. The molecule has 96 valence electrons.